The van der Waals surface area contributed by atoms with Crippen molar-refractivity contribution in [2.75, 3.05) is 35.3 Å². The van der Waals surface area contributed by atoms with Gasteiger partial charge in [-0.3, -0.25) is 0 Å². The first-order valence-electron chi connectivity index (χ1n) is 9.40. The van der Waals surface area contributed by atoms with Gasteiger partial charge in [-0.15, -0.1) is 5.10 Å². The lowest BCUT2D eigenvalue weighted by atomic mass is 10.1. The molecule has 1 aliphatic rings. The Kier molecular flexibility index (Phi) is 5.14. The zero-order chi connectivity index (χ0) is 18.5. The summed E-state index contributed by atoms with van der Waals surface area (Å²) in [4.78, 5) is 8.95. The van der Waals surface area contributed by atoms with Gasteiger partial charge in [-0.1, -0.05) is 18.2 Å². The first-order valence-corrected chi connectivity index (χ1v) is 9.40. The number of para-hydroxylation sites is 1. The van der Waals surface area contributed by atoms with Crippen molar-refractivity contribution in [2.45, 2.75) is 19.3 Å². The van der Waals surface area contributed by atoms with Gasteiger partial charge < -0.3 is 15.1 Å². The first-order chi connectivity index (χ1) is 13.3. The Bertz CT molecular complexity index is 859. The molecule has 2 heterocycles. The number of benzene rings is 2. The molecule has 0 bridgehead atoms. The zero-order valence-corrected chi connectivity index (χ0v) is 15.5. The van der Waals surface area contributed by atoms with Crippen LogP contribution >= 0.6 is 0 Å². The maximum Gasteiger partial charge on any atom is 0.251 e. The summed E-state index contributed by atoms with van der Waals surface area (Å²) in [5, 5.41) is 11.6. The summed E-state index contributed by atoms with van der Waals surface area (Å²) in [5.74, 6) is 1.23. The third-order valence-electron chi connectivity index (χ3n) is 4.85. The third-order valence-corrected chi connectivity index (χ3v) is 4.85. The molecular formula is C21H24N6. The average molecular weight is 360 g/mol. The van der Waals surface area contributed by atoms with Crippen LogP contribution in [0.3, 0.4) is 0 Å². The van der Waals surface area contributed by atoms with Gasteiger partial charge >= 0.3 is 0 Å². The fourth-order valence-corrected chi connectivity index (χ4v) is 3.32. The summed E-state index contributed by atoms with van der Waals surface area (Å²) in [7, 11) is 1.93. The van der Waals surface area contributed by atoms with Crippen molar-refractivity contribution in [1.82, 2.24) is 15.2 Å². The van der Waals surface area contributed by atoms with E-state index in [0.29, 0.717) is 11.8 Å². The molecule has 2 aromatic carbocycles. The van der Waals surface area contributed by atoms with E-state index in [1.54, 1.807) is 6.20 Å². The van der Waals surface area contributed by atoms with E-state index in [9.17, 15) is 0 Å². The summed E-state index contributed by atoms with van der Waals surface area (Å²) in [6, 6.07) is 18.5. The Labute approximate surface area is 159 Å². The van der Waals surface area contributed by atoms with E-state index in [4.69, 9.17) is 0 Å². The first kappa shape index (κ1) is 17.3. The van der Waals surface area contributed by atoms with Crippen molar-refractivity contribution in [3.8, 4) is 0 Å². The Morgan fingerprint density at radius 3 is 2.41 bits per heavy atom. The molecule has 0 radical (unpaired) electrons. The minimum Gasteiger partial charge on any atom is -0.372 e. The molecule has 1 saturated heterocycles. The quantitative estimate of drug-likeness (QED) is 0.729. The fraction of sp³-hybridized carbons (Fsp3) is 0.286. The monoisotopic (exact) mass is 360 g/mol. The maximum absolute atomic E-state index is 4.59. The highest BCUT2D eigenvalue weighted by molar-refractivity contribution is 5.62. The highest BCUT2D eigenvalue weighted by atomic mass is 15.3. The van der Waals surface area contributed by atoms with Gasteiger partial charge in [-0.2, -0.15) is 10.1 Å². The number of piperidine rings is 1. The van der Waals surface area contributed by atoms with Crippen molar-refractivity contribution >= 4 is 28.8 Å². The smallest absolute Gasteiger partial charge is 0.251 e. The molecular weight excluding hydrogens is 336 g/mol. The number of rotatable bonds is 5. The van der Waals surface area contributed by atoms with Crippen LogP contribution in [0, 0.1) is 0 Å². The predicted molar refractivity (Wildman–Crippen MR) is 110 cm³/mol. The zero-order valence-electron chi connectivity index (χ0n) is 15.5. The minimum atomic E-state index is 0.552. The molecule has 6 nitrogen and oxygen atoms in total. The van der Waals surface area contributed by atoms with Crippen LogP contribution in [0.15, 0.2) is 60.8 Å². The maximum atomic E-state index is 4.59. The van der Waals surface area contributed by atoms with Gasteiger partial charge in [-0.25, -0.2) is 0 Å². The lowest BCUT2D eigenvalue weighted by molar-refractivity contribution is 0.578. The van der Waals surface area contributed by atoms with Gasteiger partial charge in [0.05, 0.1) is 6.20 Å². The summed E-state index contributed by atoms with van der Waals surface area (Å²) in [5.41, 5.74) is 3.29. The van der Waals surface area contributed by atoms with E-state index in [1.807, 2.05) is 42.3 Å². The molecule has 1 N–H and O–H groups in total. The van der Waals surface area contributed by atoms with Crippen LogP contribution in [0.5, 0.6) is 0 Å². The van der Waals surface area contributed by atoms with Crippen molar-refractivity contribution < 1.29 is 0 Å². The lowest BCUT2D eigenvalue weighted by Gasteiger charge is -2.28. The molecule has 6 heteroatoms. The van der Waals surface area contributed by atoms with Crippen LogP contribution in [-0.4, -0.2) is 35.3 Å². The van der Waals surface area contributed by atoms with E-state index < -0.39 is 0 Å². The summed E-state index contributed by atoms with van der Waals surface area (Å²) < 4.78 is 0. The number of hydrogen-bond donors (Lipinski definition) is 1. The molecule has 1 fully saturated rings. The van der Waals surface area contributed by atoms with Crippen LogP contribution in [0.1, 0.15) is 19.3 Å². The molecule has 0 aliphatic carbocycles. The molecule has 3 aromatic rings. The molecule has 4 rings (SSSR count). The Balaban J connectivity index is 1.46. The summed E-state index contributed by atoms with van der Waals surface area (Å²) in [6.07, 6.45) is 5.55. The Morgan fingerprint density at radius 1 is 0.926 bits per heavy atom. The second kappa shape index (κ2) is 8.03. The molecule has 1 aliphatic heterocycles. The second-order valence-electron chi connectivity index (χ2n) is 6.76. The van der Waals surface area contributed by atoms with Crippen LogP contribution in [0.2, 0.25) is 0 Å². The SMILES string of the molecule is CN(c1ccccc1)c1nncc(Nc2ccc(N3CCCCC3)cc2)n1. The number of nitrogens with zero attached hydrogens (tertiary/aromatic N) is 5. The van der Waals surface area contributed by atoms with E-state index in [1.165, 1.54) is 24.9 Å². The van der Waals surface area contributed by atoms with Crippen LogP contribution < -0.4 is 15.1 Å². The third kappa shape index (κ3) is 4.16. The average Bonchev–Trinajstić information content (AvgIpc) is 2.75. The largest absolute Gasteiger partial charge is 0.372 e. The molecule has 0 spiro atoms. The van der Waals surface area contributed by atoms with Crippen LogP contribution in [0.4, 0.5) is 28.8 Å². The van der Waals surface area contributed by atoms with Crippen molar-refractivity contribution in [3.05, 3.63) is 60.8 Å². The van der Waals surface area contributed by atoms with Crippen molar-refractivity contribution in [1.29, 1.82) is 0 Å². The molecule has 1 aromatic heterocycles. The van der Waals surface area contributed by atoms with Crippen molar-refractivity contribution in [3.63, 3.8) is 0 Å². The molecule has 0 amide bonds. The Morgan fingerprint density at radius 2 is 1.67 bits per heavy atom. The summed E-state index contributed by atoms with van der Waals surface area (Å²) in [6.45, 7) is 2.30. The van der Waals surface area contributed by atoms with Gasteiger partial charge in [0.2, 0.25) is 0 Å². The van der Waals surface area contributed by atoms with Gasteiger partial charge in [0.25, 0.3) is 5.95 Å². The van der Waals surface area contributed by atoms with Crippen molar-refractivity contribution in [2.24, 2.45) is 0 Å². The number of anilines is 5. The fourth-order valence-electron chi connectivity index (χ4n) is 3.32. The Hall–Kier alpha value is -3.15. The van der Waals surface area contributed by atoms with E-state index in [2.05, 4.69) is 49.7 Å². The van der Waals surface area contributed by atoms with Gasteiger partial charge in [-0.05, 0) is 55.7 Å². The summed E-state index contributed by atoms with van der Waals surface area (Å²) >= 11 is 0. The lowest BCUT2D eigenvalue weighted by Crippen LogP contribution is -2.29. The molecule has 138 valence electrons. The molecule has 0 saturated carbocycles. The van der Waals surface area contributed by atoms with Gasteiger partial charge in [0.1, 0.15) is 0 Å². The highest BCUT2D eigenvalue weighted by Gasteiger charge is 2.11. The second-order valence-corrected chi connectivity index (χ2v) is 6.76. The van der Waals surface area contributed by atoms with Crippen LogP contribution in [0.25, 0.3) is 0 Å². The number of hydrogen-bond acceptors (Lipinski definition) is 6. The number of nitrogens with one attached hydrogen (secondary N) is 1. The van der Waals surface area contributed by atoms with E-state index in [-0.39, 0.29) is 0 Å². The topological polar surface area (TPSA) is 57.2 Å². The highest BCUT2D eigenvalue weighted by Crippen LogP contribution is 2.24. The number of aromatic nitrogens is 3. The normalized spacial score (nSPS) is 14.0. The predicted octanol–water partition coefficient (Wildman–Crippen LogP) is 4.37. The molecule has 0 unspecified atom stereocenters. The molecule has 27 heavy (non-hydrogen) atoms. The van der Waals surface area contributed by atoms with E-state index in [0.717, 1.165) is 24.5 Å². The standard InChI is InChI=1S/C21H24N6/c1-26(18-8-4-2-5-9-18)21-24-20(16-22-25-21)23-17-10-12-19(13-11-17)27-14-6-3-7-15-27/h2,4-5,8-13,16H,3,6-7,14-15H2,1H3,(H,23,24,25). The minimum absolute atomic E-state index is 0.552. The van der Waals surface area contributed by atoms with Gasteiger partial charge in [0, 0.05) is 37.2 Å². The molecule has 0 atom stereocenters. The van der Waals surface area contributed by atoms with Crippen LogP contribution in [-0.2, 0) is 0 Å². The van der Waals surface area contributed by atoms with E-state index >= 15 is 0 Å². The van der Waals surface area contributed by atoms with Gasteiger partial charge in [0.15, 0.2) is 5.82 Å².